The van der Waals surface area contributed by atoms with E-state index in [1.165, 1.54) is 0 Å². The first-order valence-corrected chi connectivity index (χ1v) is 10.2. The Morgan fingerprint density at radius 3 is 2.47 bits per heavy atom. The number of anilines is 2. The molecule has 3 rings (SSSR count). The molecule has 0 saturated heterocycles. The average Bonchev–Trinajstić information content (AvgIpc) is 3.09. The highest BCUT2D eigenvalue weighted by Crippen LogP contribution is 2.24. The Balaban J connectivity index is 1.65. The van der Waals surface area contributed by atoms with Crippen LogP contribution in [0.1, 0.15) is 33.3 Å². The lowest BCUT2D eigenvalue weighted by Crippen LogP contribution is -2.43. The van der Waals surface area contributed by atoms with Crippen LogP contribution in [-0.2, 0) is 20.7 Å². The number of benzene rings is 2. The first-order chi connectivity index (χ1) is 15.1. The summed E-state index contributed by atoms with van der Waals surface area (Å²) in [7, 11) is 0. The number of hydrogen-bond donors (Lipinski definition) is 4. The number of aromatic amines is 1. The van der Waals surface area contributed by atoms with Crippen LogP contribution in [0.3, 0.4) is 0 Å². The maximum absolute atomic E-state index is 12.5. The van der Waals surface area contributed by atoms with Gasteiger partial charge in [-0.1, -0.05) is 30.3 Å². The zero-order valence-electron chi connectivity index (χ0n) is 18.5. The van der Waals surface area contributed by atoms with Gasteiger partial charge >= 0.3 is 6.09 Å². The summed E-state index contributed by atoms with van der Waals surface area (Å²) < 4.78 is 5.17. The number of ether oxygens (including phenoxy) is 1. The van der Waals surface area contributed by atoms with Crippen molar-refractivity contribution in [3.05, 3.63) is 54.1 Å². The summed E-state index contributed by atoms with van der Waals surface area (Å²) in [6.45, 7) is 6.79. The van der Waals surface area contributed by atoms with Crippen molar-refractivity contribution in [2.75, 3.05) is 10.6 Å². The van der Waals surface area contributed by atoms with Gasteiger partial charge in [0.2, 0.25) is 11.8 Å². The topological polar surface area (TPSA) is 125 Å². The molecule has 1 atom stereocenters. The minimum Gasteiger partial charge on any atom is -0.444 e. The first kappa shape index (κ1) is 22.8. The minimum absolute atomic E-state index is 0.200. The van der Waals surface area contributed by atoms with Gasteiger partial charge in [0.1, 0.15) is 11.6 Å². The maximum atomic E-state index is 12.5. The van der Waals surface area contributed by atoms with E-state index in [1.807, 2.05) is 30.3 Å². The van der Waals surface area contributed by atoms with Crippen molar-refractivity contribution in [3.63, 3.8) is 0 Å². The molecule has 3 aromatic rings. The quantitative estimate of drug-likeness (QED) is 0.469. The van der Waals surface area contributed by atoms with E-state index >= 15 is 0 Å². The van der Waals surface area contributed by atoms with Crippen molar-refractivity contribution in [3.8, 4) is 0 Å². The van der Waals surface area contributed by atoms with Gasteiger partial charge in [0.05, 0.1) is 11.9 Å². The molecule has 0 bridgehead atoms. The number of carbonyl (C=O) groups is 3. The fraction of sp³-hybridized carbons (Fsp3) is 0.304. The standard InChI is InChI=1S/C23H27N5O4/c1-14(24-22(31)32-23(2,3)4)21(30)25-16-10-11-18-17(13-16)20(28-27-18)26-19(29)12-15-8-6-5-7-9-15/h5-11,13-14H,12H2,1-4H3,(H,24,31)(H,25,30)(H2,26,27,28,29). The van der Waals surface area contributed by atoms with Gasteiger partial charge in [0.15, 0.2) is 5.82 Å². The predicted octanol–water partition coefficient (Wildman–Crippen LogP) is 3.60. The van der Waals surface area contributed by atoms with Crippen LogP contribution >= 0.6 is 0 Å². The van der Waals surface area contributed by atoms with E-state index in [4.69, 9.17) is 4.74 Å². The third kappa shape index (κ3) is 6.31. The Labute approximate surface area is 185 Å². The Bertz CT molecular complexity index is 1120. The monoisotopic (exact) mass is 437 g/mol. The van der Waals surface area contributed by atoms with Crippen molar-refractivity contribution >= 4 is 40.3 Å². The molecule has 0 saturated carbocycles. The Morgan fingerprint density at radius 2 is 1.78 bits per heavy atom. The average molecular weight is 438 g/mol. The molecule has 0 fully saturated rings. The van der Waals surface area contributed by atoms with E-state index in [9.17, 15) is 14.4 Å². The number of nitrogens with one attached hydrogen (secondary N) is 4. The number of amides is 3. The maximum Gasteiger partial charge on any atom is 0.408 e. The lowest BCUT2D eigenvalue weighted by atomic mass is 10.1. The molecule has 0 radical (unpaired) electrons. The van der Waals surface area contributed by atoms with Crippen molar-refractivity contribution in [1.82, 2.24) is 15.5 Å². The van der Waals surface area contributed by atoms with Crippen LogP contribution in [0, 0.1) is 0 Å². The predicted molar refractivity (Wildman–Crippen MR) is 122 cm³/mol. The van der Waals surface area contributed by atoms with Crippen LogP contribution in [0.2, 0.25) is 0 Å². The number of H-pyrrole nitrogens is 1. The number of carbonyl (C=O) groups excluding carboxylic acids is 3. The first-order valence-electron chi connectivity index (χ1n) is 10.2. The molecule has 32 heavy (non-hydrogen) atoms. The van der Waals surface area contributed by atoms with E-state index in [-0.39, 0.29) is 12.3 Å². The van der Waals surface area contributed by atoms with Gasteiger partial charge in [-0.05, 0) is 51.5 Å². The number of hydrogen-bond acceptors (Lipinski definition) is 5. The van der Waals surface area contributed by atoms with Crippen LogP contribution in [-0.4, -0.2) is 39.7 Å². The van der Waals surface area contributed by atoms with Gasteiger partial charge in [-0.3, -0.25) is 14.7 Å². The molecule has 4 N–H and O–H groups in total. The summed E-state index contributed by atoms with van der Waals surface area (Å²) in [6.07, 6.45) is -0.451. The van der Waals surface area contributed by atoms with Gasteiger partial charge < -0.3 is 20.7 Å². The molecule has 168 valence electrons. The summed E-state index contributed by atoms with van der Waals surface area (Å²) in [5.74, 6) is -0.237. The highest BCUT2D eigenvalue weighted by Gasteiger charge is 2.21. The molecule has 0 aliphatic rings. The molecule has 3 amide bonds. The summed E-state index contributed by atoms with van der Waals surface area (Å²) in [6, 6.07) is 13.7. The van der Waals surface area contributed by atoms with E-state index in [2.05, 4.69) is 26.1 Å². The van der Waals surface area contributed by atoms with E-state index in [0.29, 0.717) is 22.4 Å². The molecule has 1 heterocycles. The summed E-state index contributed by atoms with van der Waals surface area (Å²) >= 11 is 0. The lowest BCUT2D eigenvalue weighted by Gasteiger charge is -2.21. The van der Waals surface area contributed by atoms with Crippen molar-refractivity contribution < 1.29 is 19.1 Å². The third-order valence-electron chi connectivity index (χ3n) is 4.42. The molecule has 0 spiro atoms. The Kier molecular flexibility index (Phi) is 6.77. The van der Waals surface area contributed by atoms with E-state index in [0.717, 1.165) is 5.56 Å². The number of rotatable bonds is 6. The molecule has 0 aliphatic carbocycles. The summed E-state index contributed by atoms with van der Waals surface area (Å²) in [5, 5.41) is 15.7. The van der Waals surface area contributed by atoms with Crippen molar-refractivity contribution in [2.45, 2.75) is 45.8 Å². The normalized spacial score (nSPS) is 12.1. The molecule has 9 heteroatoms. The number of nitrogens with zero attached hydrogens (tertiary/aromatic N) is 1. The number of fused-ring (bicyclic) bond motifs is 1. The van der Waals surface area contributed by atoms with Crippen LogP contribution < -0.4 is 16.0 Å². The molecule has 2 aromatic carbocycles. The van der Waals surface area contributed by atoms with Gasteiger partial charge in [-0.15, -0.1) is 0 Å². The highest BCUT2D eigenvalue weighted by atomic mass is 16.6. The van der Waals surface area contributed by atoms with Crippen LogP contribution in [0.25, 0.3) is 10.9 Å². The van der Waals surface area contributed by atoms with Crippen molar-refractivity contribution in [2.24, 2.45) is 0 Å². The van der Waals surface area contributed by atoms with Gasteiger partial charge in [-0.2, -0.15) is 5.10 Å². The second-order valence-corrected chi connectivity index (χ2v) is 8.40. The summed E-state index contributed by atoms with van der Waals surface area (Å²) in [5.41, 5.74) is 1.44. The van der Waals surface area contributed by atoms with E-state index in [1.54, 1.807) is 45.9 Å². The fourth-order valence-electron chi connectivity index (χ4n) is 2.94. The second-order valence-electron chi connectivity index (χ2n) is 8.40. The molecule has 9 nitrogen and oxygen atoms in total. The Hall–Kier alpha value is -3.88. The van der Waals surface area contributed by atoms with Gasteiger partial charge in [0.25, 0.3) is 0 Å². The molecule has 0 aliphatic heterocycles. The second kappa shape index (κ2) is 9.51. The Morgan fingerprint density at radius 1 is 1.06 bits per heavy atom. The third-order valence-corrected chi connectivity index (χ3v) is 4.42. The van der Waals surface area contributed by atoms with Crippen LogP contribution in [0.5, 0.6) is 0 Å². The number of alkyl carbamates (subject to hydrolysis) is 1. The molecule has 1 aromatic heterocycles. The van der Waals surface area contributed by atoms with Crippen LogP contribution in [0.4, 0.5) is 16.3 Å². The number of aromatic nitrogens is 2. The molecule has 1 unspecified atom stereocenters. The SMILES string of the molecule is CC(NC(=O)OC(C)(C)C)C(=O)Nc1ccc2[nH]nc(NC(=O)Cc3ccccc3)c2c1. The minimum atomic E-state index is -0.810. The summed E-state index contributed by atoms with van der Waals surface area (Å²) in [4.78, 5) is 36.7. The van der Waals surface area contributed by atoms with Crippen molar-refractivity contribution in [1.29, 1.82) is 0 Å². The molecular weight excluding hydrogens is 410 g/mol. The smallest absolute Gasteiger partial charge is 0.408 e. The largest absolute Gasteiger partial charge is 0.444 e. The van der Waals surface area contributed by atoms with Crippen LogP contribution in [0.15, 0.2) is 48.5 Å². The lowest BCUT2D eigenvalue weighted by molar-refractivity contribution is -0.118. The molecular formula is C23H27N5O4. The zero-order valence-corrected chi connectivity index (χ0v) is 18.5. The fourth-order valence-corrected chi connectivity index (χ4v) is 2.94. The van der Waals surface area contributed by atoms with Gasteiger partial charge in [0, 0.05) is 11.1 Å². The highest BCUT2D eigenvalue weighted by molar-refractivity contribution is 6.03. The van der Waals surface area contributed by atoms with E-state index < -0.39 is 23.6 Å². The van der Waals surface area contributed by atoms with Gasteiger partial charge in [-0.25, -0.2) is 4.79 Å². The zero-order chi connectivity index (χ0) is 23.3.